The maximum Gasteiger partial charge on any atom is 0.123 e. The van der Waals surface area contributed by atoms with Gasteiger partial charge in [0.05, 0.1) is 30.1 Å². The van der Waals surface area contributed by atoms with Crippen LogP contribution in [0.3, 0.4) is 0 Å². The molecule has 4 nitrogen and oxygen atoms in total. The number of rotatable bonds is 5. The Morgan fingerprint density at radius 1 is 1.50 bits per heavy atom. The molecule has 0 aliphatic carbocycles. The summed E-state index contributed by atoms with van der Waals surface area (Å²) in [4.78, 5) is 0. The highest BCUT2D eigenvalue weighted by molar-refractivity contribution is 9.10. The van der Waals surface area contributed by atoms with Crippen LogP contribution in [0.15, 0.2) is 28.9 Å². The highest BCUT2D eigenvalue weighted by Gasteiger charge is 2.21. The Balaban J connectivity index is 2.39. The summed E-state index contributed by atoms with van der Waals surface area (Å²) in [6.45, 7) is 3.03. The fraction of sp³-hybridized carbons (Fsp3) is 0.357. The first-order valence-corrected chi connectivity index (χ1v) is 7.36. The zero-order valence-electron chi connectivity index (χ0n) is 11.3. The molecule has 20 heavy (non-hydrogen) atoms. The molecule has 0 spiro atoms. The van der Waals surface area contributed by atoms with E-state index < -0.39 is 6.10 Å². The molecule has 2 aromatic rings. The van der Waals surface area contributed by atoms with E-state index in [0.29, 0.717) is 23.9 Å². The van der Waals surface area contributed by atoms with E-state index in [1.54, 1.807) is 18.0 Å². The molecule has 1 heterocycles. The van der Waals surface area contributed by atoms with Crippen molar-refractivity contribution in [1.82, 2.24) is 9.78 Å². The van der Waals surface area contributed by atoms with E-state index in [2.05, 4.69) is 21.0 Å². The Kier molecular flexibility index (Phi) is 5.21. The molecule has 6 heteroatoms. The number of aryl methyl sites for hydroxylation is 1. The molecule has 0 aliphatic heterocycles. The van der Waals surface area contributed by atoms with Gasteiger partial charge >= 0.3 is 0 Å². The van der Waals surface area contributed by atoms with Crippen LogP contribution in [-0.2, 0) is 11.3 Å². The number of aromatic nitrogens is 2. The van der Waals surface area contributed by atoms with E-state index >= 15 is 0 Å². The molecule has 0 aliphatic rings. The van der Waals surface area contributed by atoms with Gasteiger partial charge in [0.1, 0.15) is 6.10 Å². The summed E-state index contributed by atoms with van der Waals surface area (Å²) < 4.78 is 7.55. The number of aliphatic hydroxyl groups is 1. The Bertz CT molecular complexity index is 601. The van der Waals surface area contributed by atoms with Gasteiger partial charge < -0.3 is 9.84 Å². The molecule has 1 aromatic carbocycles. The smallest absolute Gasteiger partial charge is 0.123 e. The second-order valence-corrected chi connectivity index (χ2v) is 5.78. The van der Waals surface area contributed by atoms with E-state index in [1.165, 1.54) is 0 Å². The molecule has 1 N–H and O–H groups in total. The van der Waals surface area contributed by atoms with Crippen molar-refractivity contribution in [3.05, 3.63) is 50.7 Å². The topological polar surface area (TPSA) is 47.3 Å². The molecule has 0 saturated carbocycles. The van der Waals surface area contributed by atoms with E-state index in [1.807, 2.05) is 25.1 Å². The normalized spacial score (nSPS) is 12.7. The predicted molar refractivity (Wildman–Crippen MR) is 82.1 cm³/mol. The first kappa shape index (κ1) is 15.5. The van der Waals surface area contributed by atoms with Crippen molar-refractivity contribution in [2.45, 2.75) is 19.6 Å². The van der Waals surface area contributed by atoms with Gasteiger partial charge in [-0.1, -0.05) is 45.2 Å². The maximum absolute atomic E-state index is 10.6. The molecule has 1 unspecified atom stereocenters. The van der Waals surface area contributed by atoms with Crippen molar-refractivity contribution < 1.29 is 9.84 Å². The van der Waals surface area contributed by atoms with E-state index in [4.69, 9.17) is 16.3 Å². The van der Waals surface area contributed by atoms with Crippen LogP contribution in [0.5, 0.6) is 0 Å². The van der Waals surface area contributed by atoms with E-state index in [-0.39, 0.29) is 0 Å². The van der Waals surface area contributed by atoms with Crippen LogP contribution < -0.4 is 0 Å². The van der Waals surface area contributed by atoms with Crippen LogP contribution in [0.2, 0.25) is 5.02 Å². The third-order valence-corrected chi connectivity index (χ3v) is 4.06. The van der Waals surface area contributed by atoms with E-state index in [9.17, 15) is 5.11 Å². The molecule has 0 amide bonds. The number of hydrogen-bond donors (Lipinski definition) is 1. The fourth-order valence-electron chi connectivity index (χ4n) is 2.02. The summed E-state index contributed by atoms with van der Waals surface area (Å²) in [5.41, 5.74) is 2.42. The monoisotopic (exact) mass is 358 g/mol. The SMILES string of the molecule is COCCn1ncc(Cl)c1C(O)c1cc(C)ccc1Br. The van der Waals surface area contributed by atoms with Crippen LogP contribution in [0.1, 0.15) is 22.9 Å². The average Bonchev–Trinajstić information content (AvgIpc) is 2.79. The average molecular weight is 360 g/mol. The minimum Gasteiger partial charge on any atom is -0.383 e. The van der Waals surface area contributed by atoms with Gasteiger partial charge in [-0.15, -0.1) is 0 Å². The third-order valence-electron chi connectivity index (χ3n) is 3.05. The van der Waals surface area contributed by atoms with Crippen LogP contribution in [0, 0.1) is 6.92 Å². The van der Waals surface area contributed by atoms with Gasteiger partial charge in [0.15, 0.2) is 0 Å². The van der Waals surface area contributed by atoms with Gasteiger partial charge in [-0.25, -0.2) is 0 Å². The van der Waals surface area contributed by atoms with Gasteiger partial charge in [0, 0.05) is 17.1 Å². The summed E-state index contributed by atoms with van der Waals surface area (Å²) in [6, 6.07) is 5.82. The summed E-state index contributed by atoms with van der Waals surface area (Å²) in [6.07, 6.45) is 0.704. The summed E-state index contributed by atoms with van der Waals surface area (Å²) >= 11 is 9.62. The lowest BCUT2D eigenvalue weighted by Crippen LogP contribution is -2.14. The van der Waals surface area contributed by atoms with Crippen molar-refractivity contribution in [3.8, 4) is 0 Å². The van der Waals surface area contributed by atoms with Crippen LogP contribution >= 0.6 is 27.5 Å². The number of benzene rings is 1. The number of hydrogen-bond acceptors (Lipinski definition) is 3. The minimum atomic E-state index is -0.837. The predicted octanol–water partition coefficient (Wildman–Crippen LogP) is 3.34. The first-order chi connectivity index (χ1) is 9.54. The molecule has 0 radical (unpaired) electrons. The van der Waals surface area contributed by atoms with Gasteiger partial charge in [0.2, 0.25) is 0 Å². The van der Waals surface area contributed by atoms with Crippen molar-refractivity contribution in [3.63, 3.8) is 0 Å². The van der Waals surface area contributed by atoms with Gasteiger partial charge in [0.25, 0.3) is 0 Å². The highest BCUT2D eigenvalue weighted by atomic mass is 79.9. The molecule has 1 atom stereocenters. The number of aliphatic hydroxyl groups excluding tert-OH is 1. The fourth-order valence-corrected chi connectivity index (χ4v) is 2.73. The Morgan fingerprint density at radius 3 is 2.95 bits per heavy atom. The molecule has 0 saturated heterocycles. The third kappa shape index (κ3) is 3.23. The number of halogens is 2. The summed E-state index contributed by atoms with van der Waals surface area (Å²) in [5.74, 6) is 0. The van der Waals surface area contributed by atoms with Crippen molar-refractivity contribution in [2.24, 2.45) is 0 Å². The number of nitrogens with zero attached hydrogens (tertiary/aromatic N) is 2. The Morgan fingerprint density at radius 2 is 2.25 bits per heavy atom. The Hall–Kier alpha value is -0.880. The van der Waals surface area contributed by atoms with Gasteiger partial charge in [-0.3, -0.25) is 4.68 Å². The lowest BCUT2D eigenvalue weighted by Gasteiger charge is -2.16. The molecule has 108 valence electrons. The van der Waals surface area contributed by atoms with Crippen LogP contribution in [-0.4, -0.2) is 28.6 Å². The standard InChI is InChI=1S/C14H16BrClN2O2/c1-9-3-4-11(15)10(7-9)14(19)13-12(16)8-17-18(13)5-6-20-2/h3-4,7-8,14,19H,5-6H2,1-2H3. The molecular weight excluding hydrogens is 344 g/mol. The first-order valence-electron chi connectivity index (χ1n) is 6.19. The summed E-state index contributed by atoms with van der Waals surface area (Å²) in [5, 5.41) is 15.3. The molecule has 0 bridgehead atoms. The lowest BCUT2D eigenvalue weighted by atomic mass is 10.0. The van der Waals surface area contributed by atoms with Crippen molar-refractivity contribution in [2.75, 3.05) is 13.7 Å². The van der Waals surface area contributed by atoms with Gasteiger partial charge in [-0.05, 0) is 13.0 Å². The minimum absolute atomic E-state index is 0.446. The molecule has 0 fully saturated rings. The largest absolute Gasteiger partial charge is 0.383 e. The molecule has 1 aromatic heterocycles. The second kappa shape index (κ2) is 6.72. The molecular formula is C14H16BrClN2O2. The highest BCUT2D eigenvalue weighted by Crippen LogP contribution is 2.32. The Labute approximate surface area is 131 Å². The van der Waals surface area contributed by atoms with E-state index in [0.717, 1.165) is 15.6 Å². The van der Waals surface area contributed by atoms with Gasteiger partial charge in [-0.2, -0.15) is 5.10 Å². The quantitative estimate of drug-likeness (QED) is 0.890. The maximum atomic E-state index is 10.6. The number of methoxy groups -OCH3 is 1. The second-order valence-electron chi connectivity index (χ2n) is 4.52. The lowest BCUT2D eigenvalue weighted by molar-refractivity contribution is 0.171. The van der Waals surface area contributed by atoms with Crippen molar-refractivity contribution in [1.29, 1.82) is 0 Å². The zero-order chi connectivity index (χ0) is 14.7. The summed E-state index contributed by atoms with van der Waals surface area (Å²) in [7, 11) is 1.62. The van der Waals surface area contributed by atoms with Crippen LogP contribution in [0.25, 0.3) is 0 Å². The van der Waals surface area contributed by atoms with Crippen LogP contribution in [0.4, 0.5) is 0 Å². The van der Waals surface area contributed by atoms with Crippen molar-refractivity contribution >= 4 is 27.5 Å². The number of ether oxygens (including phenoxy) is 1. The molecule has 2 rings (SSSR count). The zero-order valence-corrected chi connectivity index (χ0v) is 13.6.